The molecule has 3 aliphatic heterocycles. The third-order valence-corrected chi connectivity index (χ3v) is 23.4. The summed E-state index contributed by atoms with van der Waals surface area (Å²) in [4.78, 5) is 191. The van der Waals surface area contributed by atoms with Crippen LogP contribution in [0.4, 0.5) is 30.7 Å². The minimum atomic E-state index is -5.21. The van der Waals surface area contributed by atoms with Crippen molar-refractivity contribution >= 4 is 70.9 Å². The second kappa shape index (κ2) is 36.8. The third-order valence-electron chi connectivity index (χ3n) is 23.4. The molecule has 3 N–H and O–H groups in total. The molecule has 0 aromatic carbocycles. The Balaban J connectivity index is 1.32. The van der Waals surface area contributed by atoms with Crippen molar-refractivity contribution < 1.29 is 93.0 Å². The maximum atomic E-state index is 15.5. The molecule has 7 rings (SSSR count). The van der Waals surface area contributed by atoms with E-state index in [0.717, 1.165) is 24.5 Å². The summed E-state index contributed by atoms with van der Waals surface area (Å²) in [5, 5.41) is 8.43. The Labute approximate surface area is 618 Å². The van der Waals surface area contributed by atoms with Gasteiger partial charge in [0.25, 0.3) is 0 Å². The molecule has 2 bridgehead atoms. The van der Waals surface area contributed by atoms with E-state index in [0.29, 0.717) is 38.5 Å². The number of carbonyl (C=O) groups excluding carboxylic acids is 12. The monoisotopic (exact) mass is 1510 g/mol. The van der Waals surface area contributed by atoms with Gasteiger partial charge in [0.1, 0.15) is 72.1 Å². The van der Waals surface area contributed by atoms with Gasteiger partial charge in [0, 0.05) is 95.3 Å². The Morgan fingerprint density at radius 1 is 0.660 bits per heavy atom. The lowest BCUT2D eigenvalue weighted by atomic mass is 9.74. The maximum Gasteiger partial charge on any atom is 0.397 e. The summed E-state index contributed by atoms with van der Waals surface area (Å²) in [5.41, 5.74) is -1.68. The van der Waals surface area contributed by atoms with Gasteiger partial charge in [0.2, 0.25) is 76.8 Å². The third kappa shape index (κ3) is 20.8. The van der Waals surface area contributed by atoms with Gasteiger partial charge in [-0.1, -0.05) is 59.1 Å². The zero-order valence-electron chi connectivity index (χ0n) is 64.0. The fourth-order valence-electron chi connectivity index (χ4n) is 16.6. The summed E-state index contributed by atoms with van der Waals surface area (Å²) in [5.74, 6) is -18.1. The number of likely N-dealkylation sites (N-methyl/N-ethyl adjacent to an activating group) is 7. The highest BCUT2D eigenvalue weighted by Crippen LogP contribution is 2.45. The predicted octanol–water partition coefficient (Wildman–Crippen LogP) is 5.81. The zero-order valence-corrected chi connectivity index (χ0v) is 64.0. The van der Waals surface area contributed by atoms with E-state index < -0.39 is 237 Å². The number of alkyl halides is 7. The number of amides is 12. The smallest absolute Gasteiger partial charge is 0.377 e. The van der Waals surface area contributed by atoms with Crippen LogP contribution in [-0.4, -0.2) is 289 Å². The van der Waals surface area contributed by atoms with Gasteiger partial charge in [-0.05, 0) is 133 Å². The van der Waals surface area contributed by atoms with E-state index in [-0.39, 0.29) is 89.8 Å². The minimum absolute atomic E-state index is 0.0439. The molecule has 2 saturated heterocycles. The second-order valence-electron chi connectivity index (χ2n) is 31.7. The Morgan fingerprint density at radius 2 is 1.28 bits per heavy atom. The van der Waals surface area contributed by atoms with Crippen LogP contribution in [0, 0.1) is 35.5 Å². The lowest BCUT2D eigenvalue weighted by Gasteiger charge is -2.46. The Morgan fingerprint density at radius 3 is 1.85 bits per heavy atom. The van der Waals surface area contributed by atoms with Crippen LogP contribution < -0.4 is 16.0 Å². The highest BCUT2D eigenvalue weighted by Gasteiger charge is 2.56. The number of rotatable bonds is 13. The quantitative estimate of drug-likeness (QED) is 0.145. The van der Waals surface area contributed by atoms with Crippen molar-refractivity contribution in [3.05, 3.63) is 12.2 Å². The van der Waals surface area contributed by atoms with E-state index in [1.54, 1.807) is 32.9 Å². The number of hydrogen-bond donors (Lipinski definition) is 3. The average molecular weight is 1510 g/mol. The lowest BCUT2D eigenvalue weighted by molar-refractivity contribution is -0.219. The van der Waals surface area contributed by atoms with E-state index in [1.807, 2.05) is 13.8 Å². The molecule has 106 heavy (non-hydrogen) atoms. The first-order valence-electron chi connectivity index (χ1n) is 38.0. The van der Waals surface area contributed by atoms with E-state index in [9.17, 15) is 50.7 Å². The van der Waals surface area contributed by atoms with Crippen molar-refractivity contribution in [3.8, 4) is 0 Å². The van der Waals surface area contributed by atoms with Crippen molar-refractivity contribution in [2.24, 2.45) is 35.5 Å². The summed E-state index contributed by atoms with van der Waals surface area (Å²) in [7, 11) is 11.0. The molecule has 598 valence electrons. The molecule has 0 aromatic heterocycles. The van der Waals surface area contributed by atoms with Crippen LogP contribution in [0.1, 0.15) is 176 Å². The van der Waals surface area contributed by atoms with Crippen molar-refractivity contribution in [2.45, 2.75) is 260 Å². The van der Waals surface area contributed by atoms with Crippen LogP contribution in [0.5, 0.6) is 0 Å². The molecule has 12 amide bonds. The SMILES string of the molecule is CCO[C@@H]1C[C@H]2C(=O)NC3(CCC3)C(=O)N(C)[C@@H](C3CCCC3)C(=O)N(C)[C@H](C(=O)N(C)C)CC(=O)N(C)[C@@H](CC(C)C)C(=O)N[C@@H]([C@@H](C)CC)C(=O)N(C)CC(=O)N(C)[C@H]3C/C=C\CCN(C3=O)[C@@H](CC3CCC(F)(F)CC3)C(=O)N(C)CC(=O)N[C@@H](CCC3CC(F)C(C(F)(F)F)C(F)C3)C(=O)N2C1. The molecule has 4 aliphatic carbocycles. The maximum absolute atomic E-state index is 15.5. The predicted molar refractivity (Wildman–Crippen MR) is 376 cm³/mol. The van der Waals surface area contributed by atoms with Crippen molar-refractivity contribution in [2.75, 3.05) is 89.2 Å². The molecule has 3 heterocycles. The molecule has 2 unspecified atom stereocenters. The van der Waals surface area contributed by atoms with Gasteiger partial charge in [-0.3, -0.25) is 57.5 Å². The number of nitrogens with one attached hydrogen (secondary N) is 3. The molecule has 0 radical (unpaired) electrons. The van der Waals surface area contributed by atoms with Crippen LogP contribution >= 0.6 is 0 Å². The molecule has 4 saturated carbocycles. The van der Waals surface area contributed by atoms with E-state index in [1.165, 1.54) is 76.0 Å². The molecular formula is C74H115F7N12O13. The number of ether oxygens (including phenoxy) is 1. The van der Waals surface area contributed by atoms with Gasteiger partial charge in [-0.25, -0.2) is 17.6 Å². The van der Waals surface area contributed by atoms with Crippen LogP contribution in [-0.2, 0) is 62.3 Å². The van der Waals surface area contributed by atoms with E-state index in [4.69, 9.17) is 4.74 Å². The van der Waals surface area contributed by atoms with Gasteiger partial charge in [0.05, 0.1) is 25.6 Å². The average Bonchev–Trinajstić information content (AvgIpc) is 1.79. The van der Waals surface area contributed by atoms with Gasteiger partial charge in [-0.2, -0.15) is 13.2 Å². The highest BCUT2D eigenvalue weighted by atomic mass is 19.4. The molecule has 7 aliphatic rings. The molecule has 12 atom stereocenters. The van der Waals surface area contributed by atoms with Crippen molar-refractivity contribution in [1.82, 2.24) is 60.0 Å². The Bertz CT molecular complexity index is 3170. The van der Waals surface area contributed by atoms with Gasteiger partial charge < -0.3 is 64.8 Å². The Kier molecular flexibility index (Phi) is 29.9. The van der Waals surface area contributed by atoms with Crippen LogP contribution in [0.15, 0.2) is 12.2 Å². The summed E-state index contributed by atoms with van der Waals surface area (Å²) >= 11 is 0. The van der Waals surface area contributed by atoms with Gasteiger partial charge in [0.15, 0.2) is 0 Å². The van der Waals surface area contributed by atoms with Crippen LogP contribution in [0.3, 0.4) is 0 Å². The number of halogens is 7. The van der Waals surface area contributed by atoms with Crippen molar-refractivity contribution in [1.29, 1.82) is 0 Å². The molecule has 1 spiro atoms. The number of fused-ring (bicyclic) bond motifs is 3. The fourth-order valence-corrected chi connectivity index (χ4v) is 16.6. The van der Waals surface area contributed by atoms with Crippen molar-refractivity contribution in [3.63, 3.8) is 0 Å². The molecule has 25 nitrogen and oxygen atoms in total. The molecule has 6 fully saturated rings. The first-order valence-corrected chi connectivity index (χ1v) is 38.0. The van der Waals surface area contributed by atoms with E-state index in [2.05, 4.69) is 16.0 Å². The topological polar surface area (TPSA) is 279 Å². The normalized spacial score (nSPS) is 31.5. The van der Waals surface area contributed by atoms with E-state index >= 15 is 37.5 Å². The van der Waals surface area contributed by atoms with Crippen LogP contribution in [0.25, 0.3) is 0 Å². The first kappa shape index (κ1) is 86.1. The second-order valence-corrected chi connectivity index (χ2v) is 31.7. The number of nitrogens with zero attached hydrogens (tertiary/aromatic N) is 9. The summed E-state index contributed by atoms with van der Waals surface area (Å²) in [6.45, 7) is 7.02. The highest BCUT2D eigenvalue weighted by molar-refractivity contribution is 6.01. The largest absolute Gasteiger partial charge is 0.397 e. The number of hydrogen-bond acceptors (Lipinski definition) is 13. The van der Waals surface area contributed by atoms with Crippen LogP contribution in [0.2, 0.25) is 0 Å². The summed E-state index contributed by atoms with van der Waals surface area (Å²) in [6, 6.07) is -11.2. The van der Waals surface area contributed by atoms with Gasteiger partial charge in [-0.15, -0.1) is 0 Å². The molecular weight excluding hydrogens is 1400 g/mol. The lowest BCUT2D eigenvalue weighted by Crippen LogP contribution is -2.68. The number of carbonyl (C=O) groups is 12. The first-order chi connectivity index (χ1) is 49.7. The molecule has 0 aromatic rings. The molecule has 32 heteroatoms. The standard InChI is InChI=1S/C74H115F7N12O13/c1-14-44(5)61-69(103)87(9)42-59(96)88(10)52-24-17-16-20-33-92(68(52)102)56(37-45-27-31-73(77,78)32-28-45)67(101)86(8)41-57(94)82-51(26-25-46-35-49(75)60(50(76)36-46)74(79,80)81)65(99)93-40-48(106-15-2)38-54(93)64(98)84-72(29-21-30-72)71(105)91(13)62(47-22-18-19-23-47)70(104)90(12)55(66(100)85(6)7)39-58(95)89(11)53(34-43(3)4)63(97)83-61/h16-17,43-56,60-62H,14-15,18-42H2,1-13H3,(H,82,94)(H,83,97)(H,84,98)/b17-16-/t44-,46?,48+,49?,50?,51-,52-,53-,54-,55-,56-,60?,61-,62-/m0/s1. The summed E-state index contributed by atoms with van der Waals surface area (Å²) < 4.78 is 108. The fraction of sp³-hybridized carbons (Fsp3) is 0.811. The summed E-state index contributed by atoms with van der Waals surface area (Å²) in [6.07, 6.45) is -8.89. The minimum Gasteiger partial charge on any atom is -0.377 e. The Hall–Kier alpha value is -7.15. The zero-order chi connectivity index (χ0) is 78.8. The van der Waals surface area contributed by atoms with Gasteiger partial charge >= 0.3 is 6.18 Å².